The summed E-state index contributed by atoms with van der Waals surface area (Å²) in [7, 11) is 0. The van der Waals surface area contributed by atoms with E-state index < -0.39 is 6.10 Å². The Morgan fingerprint density at radius 1 is 0.368 bits per heavy atom. The van der Waals surface area contributed by atoms with Crippen LogP contribution in [0.5, 0.6) is 0 Å². The van der Waals surface area contributed by atoms with Gasteiger partial charge in [0.25, 0.3) is 0 Å². The van der Waals surface area contributed by atoms with Crippen molar-refractivity contribution in [2.75, 3.05) is 13.2 Å². The Morgan fingerprint density at radius 3 is 1.14 bits per heavy atom. The lowest BCUT2D eigenvalue weighted by Crippen LogP contribution is -2.30. The van der Waals surface area contributed by atoms with Crippen molar-refractivity contribution in [2.45, 2.75) is 219 Å². The van der Waals surface area contributed by atoms with Gasteiger partial charge >= 0.3 is 17.9 Å². The molecule has 57 heavy (non-hydrogen) atoms. The number of carbonyl (C=O) groups excluding carboxylic acids is 3. The number of carbonyl (C=O) groups is 3. The molecule has 0 saturated heterocycles. The van der Waals surface area contributed by atoms with E-state index in [0.29, 0.717) is 19.3 Å². The van der Waals surface area contributed by atoms with Crippen molar-refractivity contribution in [3.63, 3.8) is 0 Å². The van der Waals surface area contributed by atoms with Gasteiger partial charge in [-0.05, 0) is 89.9 Å². The Labute approximate surface area is 351 Å². The number of ether oxygens (including phenoxy) is 3. The van der Waals surface area contributed by atoms with Gasteiger partial charge < -0.3 is 14.2 Å². The fourth-order valence-corrected chi connectivity index (χ4v) is 6.17. The topological polar surface area (TPSA) is 78.9 Å². The van der Waals surface area contributed by atoms with E-state index in [4.69, 9.17) is 14.2 Å². The Bertz CT molecular complexity index is 1100. The highest BCUT2D eigenvalue weighted by Crippen LogP contribution is 2.13. The van der Waals surface area contributed by atoms with E-state index >= 15 is 0 Å². The highest BCUT2D eigenvalue weighted by molar-refractivity contribution is 5.71. The third-order valence-corrected chi connectivity index (χ3v) is 9.70. The summed E-state index contributed by atoms with van der Waals surface area (Å²) in [5.41, 5.74) is 0. The monoisotopic (exact) mass is 795 g/mol. The van der Waals surface area contributed by atoms with Crippen LogP contribution in [0.15, 0.2) is 72.9 Å². The van der Waals surface area contributed by atoms with Crippen LogP contribution in [0.25, 0.3) is 0 Å². The quantitative estimate of drug-likeness (QED) is 0.0265. The van der Waals surface area contributed by atoms with Crippen molar-refractivity contribution in [2.24, 2.45) is 0 Å². The summed E-state index contributed by atoms with van der Waals surface area (Å²) < 4.78 is 16.7. The van der Waals surface area contributed by atoms with Crippen molar-refractivity contribution in [3.05, 3.63) is 72.9 Å². The molecule has 1 atom stereocenters. The molecule has 0 unspecified atom stereocenters. The molecule has 0 rings (SSSR count). The Morgan fingerprint density at radius 2 is 0.684 bits per heavy atom. The maximum Gasteiger partial charge on any atom is 0.306 e. The zero-order valence-corrected chi connectivity index (χ0v) is 37.1. The number of unbranched alkanes of at least 4 members (excludes halogenated alkanes) is 18. The highest BCUT2D eigenvalue weighted by Gasteiger charge is 2.19. The molecule has 0 aliphatic carbocycles. The smallest absolute Gasteiger partial charge is 0.306 e. The van der Waals surface area contributed by atoms with Crippen LogP contribution in [0.3, 0.4) is 0 Å². The molecule has 326 valence electrons. The van der Waals surface area contributed by atoms with Crippen molar-refractivity contribution >= 4 is 17.9 Å². The minimum absolute atomic E-state index is 0.0940. The lowest BCUT2D eigenvalue weighted by atomic mass is 10.1. The lowest BCUT2D eigenvalue weighted by molar-refractivity contribution is -0.167. The second kappa shape index (κ2) is 45.6. The third kappa shape index (κ3) is 43.8. The predicted molar refractivity (Wildman–Crippen MR) is 242 cm³/mol. The number of hydrogen-bond donors (Lipinski definition) is 0. The van der Waals surface area contributed by atoms with E-state index in [9.17, 15) is 14.4 Å². The van der Waals surface area contributed by atoms with Crippen LogP contribution in [0.2, 0.25) is 0 Å². The first-order chi connectivity index (χ1) is 28.0. The Hall–Kier alpha value is -3.15. The van der Waals surface area contributed by atoms with E-state index in [1.807, 2.05) is 0 Å². The Kier molecular flexibility index (Phi) is 43.0. The molecule has 6 nitrogen and oxygen atoms in total. The molecule has 6 heteroatoms. The summed E-state index contributed by atoms with van der Waals surface area (Å²) in [5, 5.41) is 0. The van der Waals surface area contributed by atoms with E-state index in [2.05, 4.69) is 93.7 Å². The van der Waals surface area contributed by atoms with Gasteiger partial charge in [0.05, 0.1) is 0 Å². The van der Waals surface area contributed by atoms with E-state index in [-0.39, 0.29) is 31.1 Å². The number of esters is 3. The first-order valence-electron chi connectivity index (χ1n) is 23.4. The van der Waals surface area contributed by atoms with E-state index in [1.165, 1.54) is 64.2 Å². The van der Waals surface area contributed by atoms with Gasteiger partial charge in [0.15, 0.2) is 6.10 Å². The molecule has 0 heterocycles. The van der Waals surface area contributed by atoms with Crippen LogP contribution in [0, 0.1) is 0 Å². The second-order valence-electron chi connectivity index (χ2n) is 15.3. The molecule has 0 aromatic carbocycles. The van der Waals surface area contributed by atoms with Crippen LogP contribution in [0.1, 0.15) is 213 Å². The highest BCUT2D eigenvalue weighted by atomic mass is 16.6. The largest absolute Gasteiger partial charge is 0.462 e. The maximum atomic E-state index is 12.7. The summed E-state index contributed by atoms with van der Waals surface area (Å²) >= 11 is 0. The molecule has 0 aromatic rings. The van der Waals surface area contributed by atoms with Crippen LogP contribution in [-0.2, 0) is 28.6 Å². The Balaban J connectivity index is 4.46. The summed E-state index contributed by atoms with van der Waals surface area (Å²) in [6, 6.07) is 0. The summed E-state index contributed by atoms with van der Waals surface area (Å²) in [4.78, 5) is 37.7. The third-order valence-electron chi connectivity index (χ3n) is 9.70. The van der Waals surface area contributed by atoms with Gasteiger partial charge in [0.1, 0.15) is 13.2 Å². The van der Waals surface area contributed by atoms with Crippen LogP contribution in [-0.4, -0.2) is 37.2 Å². The fraction of sp³-hybridized carbons (Fsp3) is 0.706. The second-order valence-corrected chi connectivity index (χ2v) is 15.3. The van der Waals surface area contributed by atoms with E-state index in [1.54, 1.807) is 0 Å². The normalized spacial score (nSPS) is 12.7. The fourth-order valence-electron chi connectivity index (χ4n) is 6.17. The van der Waals surface area contributed by atoms with Crippen LogP contribution >= 0.6 is 0 Å². The molecule has 0 aliphatic heterocycles. The molecule has 0 aliphatic rings. The molecule has 0 radical (unpaired) electrons. The summed E-state index contributed by atoms with van der Waals surface area (Å²) in [6.07, 6.45) is 56.0. The zero-order valence-electron chi connectivity index (χ0n) is 37.1. The molecular weight excluding hydrogens is 709 g/mol. The van der Waals surface area contributed by atoms with Gasteiger partial charge in [0, 0.05) is 19.3 Å². The molecule has 0 amide bonds. The van der Waals surface area contributed by atoms with E-state index in [0.717, 1.165) is 109 Å². The van der Waals surface area contributed by atoms with Crippen molar-refractivity contribution in [1.82, 2.24) is 0 Å². The van der Waals surface area contributed by atoms with Crippen molar-refractivity contribution < 1.29 is 28.6 Å². The van der Waals surface area contributed by atoms with Gasteiger partial charge in [0.2, 0.25) is 0 Å². The minimum atomic E-state index is -0.795. The molecule has 0 N–H and O–H groups in total. The van der Waals surface area contributed by atoms with Crippen LogP contribution in [0.4, 0.5) is 0 Å². The molecule has 0 spiro atoms. The number of rotatable bonds is 41. The zero-order chi connectivity index (χ0) is 41.5. The molecule has 0 fully saturated rings. The molecular formula is C51H86O6. The standard InChI is InChI=1S/C51H86O6/c1-4-7-10-13-16-19-21-23-25-27-29-32-35-38-41-44-50(53)56-47-48(46-55-49(52)43-40-37-34-31-18-15-12-9-6-3)57-51(54)45-42-39-36-33-30-28-26-24-22-20-17-14-11-8-5-2/h7,10,16-17,19-20,23-26,29,32,48H,4-6,8-9,11-15,18,21-22,27-28,30-31,33-47H2,1-3H3/b10-7-,19-16-,20-17-,25-23-,26-24-,32-29-/t48-/m1/s1. The van der Waals surface area contributed by atoms with Gasteiger partial charge in [-0.1, -0.05) is 177 Å². The van der Waals surface area contributed by atoms with Gasteiger partial charge in [-0.3, -0.25) is 14.4 Å². The first kappa shape index (κ1) is 53.9. The number of hydrogen-bond acceptors (Lipinski definition) is 6. The summed E-state index contributed by atoms with van der Waals surface area (Å²) in [6.45, 7) is 6.41. The van der Waals surface area contributed by atoms with Gasteiger partial charge in [-0.15, -0.1) is 0 Å². The van der Waals surface area contributed by atoms with Gasteiger partial charge in [-0.2, -0.15) is 0 Å². The van der Waals surface area contributed by atoms with Crippen molar-refractivity contribution in [3.8, 4) is 0 Å². The minimum Gasteiger partial charge on any atom is -0.462 e. The SMILES string of the molecule is CC/C=C\C/C=C\C/C=C\C/C=C\CCCCC(=O)OC[C@@H](COC(=O)CCCCCCCCCCC)OC(=O)CCCCCCC/C=C\C/C=C\CCCCC. The molecule has 0 aromatic heterocycles. The van der Waals surface area contributed by atoms with Crippen LogP contribution < -0.4 is 0 Å². The van der Waals surface area contributed by atoms with Crippen molar-refractivity contribution in [1.29, 1.82) is 0 Å². The summed E-state index contributed by atoms with van der Waals surface area (Å²) in [5.74, 6) is -0.958. The average Bonchev–Trinajstić information content (AvgIpc) is 3.21. The van der Waals surface area contributed by atoms with Gasteiger partial charge in [-0.25, -0.2) is 0 Å². The predicted octanol–water partition coefficient (Wildman–Crippen LogP) is 15.1. The lowest BCUT2D eigenvalue weighted by Gasteiger charge is -2.18. The number of allylic oxidation sites excluding steroid dienone is 12. The maximum absolute atomic E-state index is 12.7. The average molecular weight is 795 g/mol. The molecule has 0 bridgehead atoms. The molecule has 0 saturated carbocycles. The first-order valence-corrected chi connectivity index (χ1v) is 23.4.